The van der Waals surface area contributed by atoms with Crippen LogP contribution in [0.1, 0.15) is 36.9 Å². The van der Waals surface area contributed by atoms with E-state index in [1.165, 1.54) is 18.4 Å². The molecule has 4 nitrogen and oxygen atoms in total. The molecule has 2 aliphatic rings. The van der Waals surface area contributed by atoms with Gasteiger partial charge in [-0.1, -0.05) is 29.8 Å². The van der Waals surface area contributed by atoms with Gasteiger partial charge in [-0.15, -0.1) is 36.2 Å². The van der Waals surface area contributed by atoms with E-state index in [1.54, 1.807) is 11.3 Å². The molecular weight excluding hydrogens is 401 g/mol. The van der Waals surface area contributed by atoms with E-state index in [0.717, 1.165) is 29.1 Å². The third kappa shape index (κ3) is 5.02. The van der Waals surface area contributed by atoms with Crippen LogP contribution < -0.4 is 5.32 Å². The van der Waals surface area contributed by atoms with E-state index in [-0.39, 0.29) is 30.7 Å². The summed E-state index contributed by atoms with van der Waals surface area (Å²) in [5.74, 6) is 0.187. The number of amides is 1. The second kappa shape index (κ2) is 9.37. The number of aryl methyl sites for hydroxylation is 1. The van der Waals surface area contributed by atoms with Crippen molar-refractivity contribution in [3.63, 3.8) is 0 Å². The Bertz CT molecular complexity index is 753. The Hall–Kier alpha value is -1.14. The monoisotopic (exact) mass is 427 g/mol. The fourth-order valence-electron chi connectivity index (χ4n) is 4.04. The molecule has 27 heavy (non-hydrogen) atoms. The highest BCUT2D eigenvalue weighted by Gasteiger charge is 2.36. The summed E-state index contributed by atoms with van der Waals surface area (Å²) in [6, 6.07) is 9.97. The van der Waals surface area contributed by atoms with Crippen LogP contribution in [-0.2, 0) is 11.2 Å². The molecule has 148 valence electrons. The number of halogens is 2. The van der Waals surface area contributed by atoms with Gasteiger partial charge in [-0.2, -0.15) is 0 Å². The van der Waals surface area contributed by atoms with Crippen molar-refractivity contribution in [3.05, 3.63) is 40.9 Å². The van der Waals surface area contributed by atoms with E-state index in [2.05, 4.69) is 41.5 Å². The van der Waals surface area contributed by atoms with Gasteiger partial charge in [0.1, 0.15) is 5.01 Å². The maximum Gasteiger partial charge on any atom is 0.228 e. The van der Waals surface area contributed by atoms with Gasteiger partial charge in [0.05, 0.1) is 12.1 Å². The molecule has 1 aromatic carbocycles. The zero-order valence-corrected chi connectivity index (χ0v) is 18.1. The van der Waals surface area contributed by atoms with Crippen molar-refractivity contribution in [2.24, 2.45) is 0 Å². The fourth-order valence-corrected chi connectivity index (χ4v) is 4.87. The first-order valence-electron chi connectivity index (χ1n) is 9.11. The molecule has 2 fully saturated rings. The summed E-state index contributed by atoms with van der Waals surface area (Å²) < 4.78 is 0. The highest BCUT2D eigenvalue weighted by atomic mass is 35.5. The minimum absolute atomic E-state index is 0. The average molecular weight is 428 g/mol. The number of carbonyl (C=O) groups excluding carboxylic acids is 1. The van der Waals surface area contributed by atoms with Crippen LogP contribution in [0.5, 0.6) is 0 Å². The Morgan fingerprint density at radius 1 is 1.19 bits per heavy atom. The number of carbonyl (C=O) groups is 1. The summed E-state index contributed by atoms with van der Waals surface area (Å²) in [5.41, 5.74) is 3.25. The lowest BCUT2D eigenvalue weighted by Crippen LogP contribution is -2.49. The number of nitrogens with zero attached hydrogens (tertiary/aromatic N) is 2. The summed E-state index contributed by atoms with van der Waals surface area (Å²) >= 11 is 1.62. The van der Waals surface area contributed by atoms with Gasteiger partial charge in [0, 0.05) is 36.1 Å². The SMILES string of the molecule is Cc1ccc(-c2nc(CC(=O)N(C)C3CC4CCC(C3)N4)cs2)cc1.Cl.Cl. The molecule has 7 heteroatoms. The van der Waals surface area contributed by atoms with Gasteiger partial charge >= 0.3 is 0 Å². The Morgan fingerprint density at radius 3 is 2.44 bits per heavy atom. The van der Waals surface area contributed by atoms with Crippen LogP contribution in [0.2, 0.25) is 0 Å². The van der Waals surface area contributed by atoms with Crippen molar-refractivity contribution < 1.29 is 4.79 Å². The number of likely N-dealkylation sites (N-methyl/N-ethyl adjacent to an activating group) is 1. The molecule has 2 aliphatic heterocycles. The molecule has 1 N–H and O–H groups in total. The number of hydrogen-bond acceptors (Lipinski definition) is 4. The third-order valence-corrected chi connectivity index (χ3v) is 6.51. The molecule has 0 radical (unpaired) electrons. The first-order chi connectivity index (χ1) is 12.1. The first-order valence-corrected chi connectivity index (χ1v) is 9.99. The van der Waals surface area contributed by atoms with Gasteiger partial charge in [0.25, 0.3) is 0 Å². The van der Waals surface area contributed by atoms with Crippen LogP contribution in [0.4, 0.5) is 0 Å². The number of piperidine rings is 1. The number of rotatable bonds is 4. The molecule has 0 aliphatic carbocycles. The van der Waals surface area contributed by atoms with Crippen LogP contribution in [0.3, 0.4) is 0 Å². The highest BCUT2D eigenvalue weighted by molar-refractivity contribution is 7.13. The number of benzene rings is 1. The van der Waals surface area contributed by atoms with Crippen molar-refractivity contribution in [1.29, 1.82) is 0 Å². The van der Waals surface area contributed by atoms with Gasteiger partial charge < -0.3 is 10.2 Å². The molecule has 2 atom stereocenters. The van der Waals surface area contributed by atoms with E-state index in [1.807, 2.05) is 17.3 Å². The van der Waals surface area contributed by atoms with Crippen LogP contribution in [0, 0.1) is 6.92 Å². The maximum absolute atomic E-state index is 12.7. The van der Waals surface area contributed by atoms with Crippen LogP contribution in [0.25, 0.3) is 10.6 Å². The molecule has 1 aromatic heterocycles. The zero-order chi connectivity index (χ0) is 17.4. The van der Waals surface area contributed by atoms with Crippen molar-refractivity contribution in [3.8, 4) is 10.6 Å². The first kappa shape index (κ1) is 22.2. The van der Waals surface area contributed by atoms with E-state index < -0.39 is 0 Å². The second-order valence-electron chi connectivity index (χ2n) is 7.45. The summed E-state index contributed by atoms with van der Waals surface area (Å²) in [7, 11) is 1.96. The summed E-state index contributed by atoms with van der Waals surface area (Å²) in [4.78, 5) is 19.4. The van der Waals surface area contributed by atoms with Crippen molar-refractivity contribution in [2.45, 2.75) is 57.2 Å². The molecule has 0 spiro atoms. The van der Waals surface area contributed by atoms with Crippen LogP contribution in [0.15, 0.2) is 29.6 Å². The lowest BCUT2D eigenvalue weighted by molar-refractivity contribution is -0.132. The molecule has 4 rings (SSSR count). The lowest BCUT2D eigenvalue weighted by Gasteiger charge is -2.35. The number of aromatic nitrogens is 1. The topological polar surface area (TPSA) is 45.2 Å². The van der Waals surface area contributed by atoms with E-state index in [0.29, 0.717) is 24.5 Å². The third-order valence-electron chi connectivity index (χ3n) is 5.57. The largest absolute Gasteiger partial charge is 0.342 e. The molecule has 2 unspecified atom stereocenters. The Morgan fingerprint density at radius 2 is 1.81 bits per heavy atom. The summed E-state index contributed by atoms with van der Waals surface area (Å²) in [6.07, 6.45) is 5.09. The standard InChI is InChI=1S/C20H25N3OS.2ClH/c1-13-3-5-14(6-4-13)20-22-17(12-25-20)11-19(24)23(2)18-9-15-7-8-16(10-18)21-15;;/h3-6,12,15-16,18,21H,7-11H2,1-2H3;2*1H. The molecule has 0 saturated carbocycles. The Kier molecular flexibility index (Phi) is 7.69. The molecule has 3 heterocycles. The van der Waals surface area contributed by atoms with E-state index in [9.17, 15) is 4.79 Å². The summed E-state index contributed by atoms with van der Waals surface area (Å²) in [6.45, 7) is 2.08. The number of hydrogen-bond donors (Lipinski definition) is 1. The Labute approximate surface area is 177 Å². The molecule has 2 aromatic rings. The predicted molar refractivity (Wildman–Crippen MR) is 116 cm³/mol. The normalized spacial score (nSPS) is 23.3. The van der Waals surface area contributed by atoms with Gasteiger partial charge in [0.15, 0.2) is 0 Å². The van der Waals surface area contributed by atoms with Gasteiger partial charge in [-0.05, 0) is 32.6 Å². The van der Waals surface area contributed by atoms with Crippen molar-refractivity contribution in [2.75, 3.05) is 7.05 Å². The van der Waals surface area contributed by atoms with Crippen LogP contribution >= 0.6 is 36.2 Å². The number of nitrogens with one attached hydrogen (secondary N) is 1. The minimum atomic E-state index is 0. The van der Waals surface area contributed by atoms with Gasteiger partial charge in [-0.3, -0.25) is 4.79 Å². The average Bonchev–Trinajstić information content (AvgIpc) is 3.21. The van der Waals surface area contributed by atoms with Crippen LogP contribution in [-0.4, -0.2) is 41.0 Å². The lowest BCUT2D eigenvalue weighted by atomic mass is 9.98. The van der Waals surface area contributed by atoms with Crippen molar-refractivity contribution in [1.82, 2.24) is 15.2 Å². The second-order valence-corrected chi connectivity index (χ2v) is 8.31. The van der Waals surface area contributed by atoms with Gasteiger partial charge in [0.2, 0.25) is 5.91 Å². The predicted octanol–water partition coefficient (Wildman–Crippen LogP) is 4.25. The maximum atomic E-state index is 12.7. The van der Waals surface area contributed by atoms with E-state index in [4.69, 9.17) is 0 Å². The quantitative estimate of drug-likeness (QED) is 0.792. The molecule has 2 bridgehead atoms. The fraction of sp³-hybridized carbons (Fsp3) is 0.500. The number of thiazole rings is 1. The van der Waals surface area contributed by atoms with E-state index >= 15 is 0 Å². The zero-order valence-electron chi connectivity index (χ0n) is 15.7. The molecule has 1 amide bonds. The molecule has 2 saturated heterocycles. The highest BCUT2D eigenvalue weighted by Crippen LogP contribution is 2.30. The summed E-state index contributed by atoms with van der Waals surface area (Å²) in [5, 5.41) is 6.65. The smallest absolute Gasteiger partial charge is 0.228 e. The molecular formula is C20H27Cl2N3OS. The Balaban J connectivity index is 0.00000131. The number of fused-ring (bicyclic) bond motifs is 2. The minimum Gasteiger partial charge on any atom is -0.342 e. The van der Waals surface area contributed by atoms with Crippen molar-refractivity contribution >= 4 is 42.1 Å². The van der Waals surface area contributed by atoms with Gasteiger partial charge in [-0.25, -0.2) is 4.98 Å².